The molecule has 0 saturated heterocycles. The summed E-state index contributed by atoms with van der Waals surface area (Å²) in [6.45, 7) is 3.71. The molecule has 6 heteroatoms. The zero-order chi connectivity index (χ0) is 19.8. The number of rotatable bonds is 8. The topological polar surface area (TPSA) is 72.4 Å². The first-order valence-electron chi connectivity index (χ1n) is 9.65. The summed E-state index contributed by atoms with van der Waals surface area (Å²) in [5, 5.41) is 17.6. The Morgan fingerprint density at radius 3 is 2.79 bits per heavy atom. The van der Waals surface area contributed by atoms with E-state index in [0.717, 1.165) is 35.0 Å². The zero-order valence-corrected chi connectivity index (χ0v) is 16.1. The highest BCUT2D eigenvalue weighted by Crippen LogP contribution is 2.19. The Balaban J connectivity index is 1.53. The van der Waals surface area contributed by atoms with Crippen molar-refractivity contribution in [2.24, 2.45) is 4.99 Å². The van der Waals surface area contributed by atoms with Crippen LogP contribution in [0.15, 0.2) is 59.7 Å². The number of hydrogen-bond acceptors (Lipinski definition) is 2. The van der Waals surface area contributed by atoms with Gasteiger partial charge in [-0.15, -0.1) is 0 Å². The minimum absolute atomic E-state index is 0.233. The second-order valence-electron chi connectivity index (χ2n) is 6.74. The van der Waals surface area contributed by atoms with Gasteiger partial charge in [0.2, 0.25) is 0 Å². The number of guanidine groups is 1. The van der Waals surface area contributed by atoms with Gasteiger partial charge in [0.15, 0.2) is 5.96 Å². The lowest BCUT2D eigenvalue weighted by atomic mass is 10.1. The summed E-state index contributed by atoms with van der Waals surface area (Å²) in [6, 6.07) is 14.7. The van der Waals surface area contributed by atoms with Crippen molar-refractivity contribution in [3.8, 4) is 0 Å². The number of aromatic nitrogens is 1. The lowest BCUT2D eigenvalue weighted by Gasteiger charge is -2.13. The lowest BCUT2D eigenvalue weighted by Crippen LogP contribution is -2.39. The Morgan fingerprint density at radius 2 is 2.00 bits per heavy atom. The number of nitrogens with one attached hydrogen (secondary N) is 3. The minimum Gasteiger partial charge on any atom is -0.391 e. The van der Waals surface area contributed by atoms with Gasteiger partial charge in [0.05, 0.1) is 12.6 Å². The lowest BCUT2D eigenvalue weighted by molar-refractivity contribution is 0.183. The molecule has 0 aliphatic heterocycles. The van der Waals surface area contributed by atoms with Crippen LogP contribution in [0.2, 0.25) is 0 Å². The molecular weight excluding hydrogens is 355 g/mol. The Hall–Kier alpha value is -2.86. The maximum atomic E-state index is 13.5. The van der Waals surface area contributed by atoms with Crippen LogP contribution >= 0.6 is 0 Å². The van der Waals surface area contributed by atoms with Crippen LogP contribution in [0.5, 0.6) is 0 Å². The van der Waals surface area contributed by atoms with Crippen LogP contribution < -0.4 is 10.6 Å². The quantitative estimate of drug-likeness (QED) is 0.357. The number of H-pyrrole nitrogens is 1. The van der Waals surface area contributed by atoms with E-state index in [1.165, 1.54) is 6.07 Å². The van der Waals surface area contributed by atoms with Gasteiger partial charge < -0.3 is 20.7 Å². The molecule has 0 fully saturated rings. The molecule has 148 valence electrons. The Labute approximate surface area is 164 Å². The van der Waals surface area contributed by atoms with Crippen LogP contribution in [0.25, 0.3) is 10.9 Å². The number of halogens is 1. The van der Waals surface area contributed by atoms with Crippen LogP contribution in [0.1, 0.15) is 18.1 Å². The minimum atomic E-state index is -0.533. The smallest absolute Gasteiger partial charge is 0.191 e. The summed E-state index contributed by atoms with van der Waals surface area (Å²) in [5.41, 5.74) is 3.08. The van der Waals surface area contributed by atoms with Crippen LogP contribution in [0.4, 0.5) is 4.39 Å². The third-order valence-electron chi connectivity index (χ3n) is 4.53. The van der Waals surface area contributed by atoms with Crippen molar-refractivity contribution in [3.63, 3.8) is 0 Å². The van der Waals surface area contributed by atoms with E-state index in [1.807, 2.05) is 43.5 Å². The van der Waals surface area contributed by atoms with Crippen molar-refractivity contribution in [1.29, 1.82) is 0 Å². The number of hydrogen-bond donors (Lipinski definition) is 4. The molecule has 1 aromatic heterocycles. The number of aliphatic hydroxyl groups is 1. The summed E-state index contributed by atoms with van der Waals surface area (Å²) < 4.78 is 13.5. The molecule has 1 atom stereocenters. The third-order valence-corrected chi connectivity index (χ3v) is 4.53. The summed E-state index contributed by atoms with van der Waals surface area (Å²) in [7, 11) is 0. The van der Waals surface area contributed by atoms with Crippen molar-refractivity contribution in [3.05, 3.63) is 71.7 Å². The normalized spacial score (nSPS) is 12.9. The van der Waals surface area contributed by atoms with Gasteiger partial charge in [-0.25, -0.2) is 4.39 Å². The Bertz CT molecular complexity index is 907. The largest absolute Gasteiger partial charge is 0.391 e. The molecule has 0 radical (unpaired) electrons. The van der Waals surface area contributed by atoms with E-state index in [4.69, 9.17) is 0 Å². The molecule has 2 aromatic carbocycles. The number of nitrogens with zero attached hydrogens (tertiary/aromatic N) is 1. The molecule has 1 unspecified atom stereocenters. The monoisotopic (exact) mass is 382 g/mol. The molecule has 3 rings (SSSR count). The molecule has 0 spiro atoms. The van der Waals surface area contributed by atoms with E-state index in [1.54, 1.807) is 12.1 Å². The fourth-order valence-corrected chi connectivity index (χ4v) is 3.16. The highest BCUT2D eigenvalue weighted by molar-refractivity contribution is 5.83. The van der Waals surface area contributed by atoms with E-state index in [-0.39, 0.29) is 5.82 Å². The molecule has 0 saturated carbocycles. The first kappa shape index (κ1) is 19.9. The highest BCUT2D eigenvalue weighted by Gasteiger charge is 2.07. The maximum absolute atomic E-state index is 13.5. The van der Waals surface area contributed by atoms with Crippen LogP contribution in [0, 0.1) is 5.82 Å². The van der Waals surface area contributed by atoms with Gasteiger partial charge in [-0.05, 0) is 42.7 Å². The number of aliphatic imine (C=N–C) groups is 1. The second-order valence-corrected chi connectivity index (χ2v) is 6.74. The van der Waals surface area contributed by atoms with Gasteiger partial charge >= 0.3 is 0 Å². The molecule has 3 aromatic rings. The number of aromatic amines is 1. The molecule has 28 heavy (non-hydrogen) atoms. The van der Waals surface area contributed by atoms with Crippen molar-refractivity contribution in [2.75, 3.05) is 19.6 Å². The number of benzene rings is 2. The highest BCUT2D eigenvalue weighted by atomic mass is 19.1. The summed E-state index contributed by atoms with van der Waals surface area (Å²) in [5.74, 6) is 0.434. The maximum Gasteiger partial charge on any atom is 0.191 e. The first-order valence-corrected chi connectivity index (χ1v) is 9.65. The van der Waals surface area contributed by atoms with Gasteiger partial charge in [0, 0.05) is 36.6 Å². The van der Waals surface area contributed by atoms with Crippen LogP contribution in [0.3, 0.4) is 0 Å². The van der Waals surface area contributed by atoms with Gasteiger partial charge in [-0.1, -0.05) is 30.3 Å². The Kier molecular flexibility index (Phi) is 7.03. The predicted molar refractivity (Wildman–Crippen MR) is 112 cm³/mol. The molecule has 4 N–H and O–H groups in total. The number of aliphatic hydroxyl groups excluding tert-OH is 1. The summed E-state index contributed by atoms with van der Waals surface area (Å²) in [4.78, 5) is 7.65. The van der Waals surface area contributed by atoms with Gasteiger partial charge in [-0.2, -0.15) is 0 Å². The van der Waals surface area contributed by atoms with E-state index < -0.39 is 6.10 Å². The van der Waals surface area contributed by atoms with Gasteiger partial charge in [-0.3, -0.25) is 4.99 Å². The fourth-order valence-electron chi connectivity index (χ4n) is 3.16. The molecule has 5 nitrogen and oxygen atoms in total. The van der Waals surface area contributed by atoms with E-state index in [0.29, 0.717) is 25.5 Å². The molecule has 0 aliphatic carbocycles. The van der Waals surface area contributed by atoms with E-state index in [2.05, 4.69) is 20.6 Å². The van der Waals surface area contributed by atoms with Crippen molar-refractivity contribution < 1.29 is 9.50 Å². The van der Waals surface area contributed by atoms with Crippen LogP contribution in [-0.4, -0.2) is 41.8 Å². The average molecular weight is 382 g/mol. The third kappa shape index (κ3) is 5.57. The SMILES string of the molecule is CCNC(=NCC(O)Cc1ccccc1)NCCc1c[nH]c2ccc(F)cc12. The molecule has 0 amide bonds. The number of fused-ring (bicyclic) bond motifs is 1. The zero-order valence-electron chi connectivity index (χ0n) is 16.1. The molecule has 0 bridgehead atoms. The standard InChI is InChI=1S/C22H27FN4O/c1-2-24-22(27-15-19(28)12-16-6-4-3-5-7-16)25-11-10-17-14-26-21-9-8-18(23)13-20(17)21/h3-9,13-14,19,26,28H,2,10-12,15H2,1H3,(H2,24,25,27). The molecule has 1 heterocycles. The average Bonchev–Trinajstić information content (AvgIpc) is 3.09. The Morgan fingerprint density at radius 1 is 1.18 bits per heavy atom. The van der Waals surface area contributed by atoms with Gasteiger partial charge in [0.1, 0.15) is 5.82 Å². The first-order chi connectivity index (χ1) is 13.7. The summed E-state index contributed by atoms with van der Waals surface area (Å²) >= 11 is 0. The molecule has 0 aliphatic rings. The predicted octanol–water partition coefficient (Wildman–Crippen LogP) is 3.01. The van der Waals surface area contributed by atoms with Gasteiger partial charge in [0.25, 0.3) is 0 Å². The van der Waals surface area contributed by atoms with Crippen molar-refractivity contribution >= 4 is 16.9 Å². The van der Waals surface area contributed by atoms with Crippen molar-refractivity contribution in [1.82, 2.24) is 15.6 Å². The van der Waals surface area contributed by atoms with Crippen molar-refractivity contribution in [2.45, 2.75) is 25.9 Å². The second kappa shape index (κ2) is 9.90. The van der Waals surface area contributed by atoms with E-state index in [9.17, 15) is 9.50 Å². The van der Waals surface area contributed by atoms with E-state index >= 15 is 0 Å². The summed E-state index contributed by atoms with van der Waals surface area (Å²) in [6.07, 6.45) is 2.69. The molecular formula is C22H27FN4O. The van der Waals surface area contributed by atoms with Crippen LogP contribution in [-0.2, 0) is 12.8 Å². The fraction of sp³-hybridized carbons (Fsp3) is 0.318.